The van der Waals surface area contributed by atoms with Gasteiger partial charge in [-0.05, 0) is 48.2 Å². The SMILES string of the molecule is O=C(CSc1cccc2cccc(Cl)c12)Nc1ccc(N2CCCS2(=O)=O)cc1. The molecule has 1 aliphatic heterocycles. The van der Waals surface area contributed by atoms with E-state index in [9.17, 15) is 13.2 Å². The number of anilines is 2. The lowest BCUT2D eigenvalue weighted by Crippen LogP contribution is -2.25. The molecule has 0 saturated carbocycles. The van der Waals surface area contributed by atoms with Gasteiger partial charge in [-0.25, -0.2) is 8.42 Å². The largest absolute Gasteiger partial charge is 0.325 e. The summed E-state index contributed by atoms with van der Waals surface area (Å²) in [4.78, 5) is 13.3. The van der Waals surface area contributed by atoms with Crippen molar-refractivity contribution in [3.8, 4) is 0 Å². The van der Waals surface area contributed by atoms with Crippen LogP contribution >= 0.6 is 23.4 Å². The second kappa shape index (κ2) is 8.26. The van der Waals surface area contributed by atoms with Crippen molar-refractivity contribution in [2.24, 2.45) is 0 Å². The minimum Gasteiger partial charge on any atom is -0.325 e. The van der Waals surface area contributed by atoms with E-state index in [0.29, 0.717) is 29.4 Å². The lowest BCUT2D eigenvalue weighted by Gasteiger charge is -2.17. The first-order valence-electron chi connectivity index (χ1n) is 9.14. The first-order chi connectivity index (χ1) is 13.9. The molecule has 1 amide bonds. The van der Waals surface area contributed by atoms with Gasteiger partial charge < -0.3 is 5.32 Å². The minimum absolute atomic E-state index is 0.138. The first kappa shape index (κ1) is 20.1. The molecule has 0 unspecified atom stereocenters. The standard InChI is InChI=1S/C21H19ClN2O3S2/c22-18-6-1-4-15-5-2-7-19(21(15)18)28-14-20(25)23-16-8-10-17(11-9-16)24-12-3-13-29(24,26)27/h1-2,4-11H,3,12-14H2,(H,23,25). The van der Waals surface area contributed by atoms with Crippen molar-refractivity contribution in [2.75, 3.05) is 27.7 Å². The molecule has 1 fully saturated rings. The summed E-state index contributed by atoms with van der Waals surface area (Å²) in [7, 11) is -3.20. The minimum atomic E-state index is -3.20. The van der Waals surface area contributed by atoms with Gasteiger partial charge in [0.1, 0.15) is 0 Å². The summed E-state index contributed by atoms with van der Waals surface area (Å²) in [6.45, 7) is 0.498. The maximum Gasteiger partial charge on any atom is 0.235 e. The first-order valence-corrected chi connectivity index (χ1v) is 12.1. The Bertz CT molecular complexity index is 1160. The predicted octanol–water partition coefficient (Wildman–Crippen LogP) is 4.76. The molecule has 5 nitrogen and oxygen atoms in total. The maximum atomic E-state index is 12.4. The molecule has 0 aliphatic carbocycles. The Morgan fingerprint density at radius 3 is 2.48 bits per heavy atom. The highest BCUT2D eigenvalue weighted by Gasteiger charge is 2.28. The van der Waals surface area contributed by atoms with Crippen LogP contribution in [0.3, 0.4) is 0 Å². The lowest BCUT2D eigenvalue weighted by molar-refractivity contribution is -0.113. The summed E-state index contributed by atoms with van der Waals surface area (Å²) in [5.74, 6) is 0.286. The van der Waals surface area contributed by atoms with Crippen LogP contribution in [0.5, 0.6) is 0 Å². The van der Waals surface area contributed by atoms with Crippen molar-refractivity contribution in [1.29, 1.82) is 0 Å². The summed E-state index contributed by atoms with van der Waals surface area (Å²) in [6, 6.07) is 18.5. The highest BCUT2D eigenvalue weighted by atomic mass is 35.5. The fraction of sp³-hybridized carbons (Fsp3) is 0.190. The van der Waals surface area contributed by atoms with E-state index in [0.717, 1.165) is 15.7 Å². The van der Waals surface area contributed by atoms with E-state index in [2.05, 4.69) is 5.32 Å². The number of sulfonamides is 1. The van der Waals surface area contributed by atoms with Gasteiger partial charge in [0.2, 0.25) is 15.9 Å². The monoisotopic (exact) mass is 446 g/mol. The van der Waals surface area contributed by atoms with Crippen LogP contribution in [-0.4, -0.2) is 32.4 Å². The number of halogens is 1. The Balaban J connectivity index is 1.41. The number of hydrogen-bond acceptors (Lipinski definition) is 4. The van der Waals surface area contributed by atoms with Crippen molar-refractivity contribution in [3.63, 3.8) is 0 Å². The lowest BCUT2D eigenvalue weighted by atomic mass is 10.1. The summed E-state index contributed by atoms with van der Waals surface area (Å²) < 4.78 is 25.4. The molecule has 3 aromatic rings. The molecule has 0 atom stereocenters. The summed E-state index contributed by atoms with van der Waals surface area (Å²) in [5.41, 5.74) is 1.26. The number of amides is 1. The molecule has 4 rings (SSSR count). The molecule has 1 saturated heterocycles. The fourth-order valence-corrected chi connectivity index (χ4v) is 6.17. The maximum absolute atomic E-state index is 12.4. The highest BCUT2D eigenvalue weighted by molar-refractivity contribution is 8.00. The average molecular weight is 447 g/mol. The summed E-state index contributed by atoms with van der Waals surface area (Å²) in [5, 5.41) is 5.50. The molecular formula is C21H19ClN2O3S2. The van der Waals surface area contributed by atoms with Crippen LogP contribution in [0.1, 0.15) is 6.42 Å². The van der Waals surface area contributed by atoms with Crippen LogP contribution in [0, 0.1) is 0 Å². The second-order valence-electron chi connectivity index (χ2n) is 6.72. The molecule has 0 radical (unpaired) electrons. The summed E-state index contributed by atoms with van der Waals surface area (Å²) in [6.07, 6.45) is 0.635. The number of hydrogen-bond donors (Lipinski definition) is 1. The van der Waals surface area contributed by atoms with E-state index in [4.69, 9.17) is 11.6 Å². The van der Waals surface area contributed by atoms with E-state index < -0.39 is 10.0 Å². The third-order valence-electron chi connectivity index (χ3n) is 4.71. The van der Waals surface area contributed by atoms with Crippen LogP contribution < -0.4 is 9.62 Å². The summed E-state index contributed by atoms with van der Waals surface area (Å²) >= 11 is 7.77. The van der Waals surface area contributed by atoms with Crippen LogP contribution in [-0.2, 0) is 14.8 Å². The molecule has 0 bridgehead atoms. The van der Waals surface area contributed by atoms with Crippen molar-refractivity contribution < 1.29 is 13.2 Å². The average Bonchev–Trinajstić information content (AvgIpc) is 3.06. The van der Waals surface area contributed by atoms with Gasteiger partial charge in [0, 0.05) is 27.5 Å². The van der Waals surface area contributed by atoms with Crippen molar-refractivity contribution >= 4 is 61.4 Å². The number of nitrogens with one attached hydrogen (secondary N) is 1. The Labute approximate surface area is 179 Å². The Morgan fingerprint density at radius 1 is 1.07 bits per heavy atom. The molecule has 0 aromatic heterocycles. The van der Waals surface area contributed by atoms with E-state index in [1.807, 2.05) is 36.4 Å². The molecule has 0 spiro atoms. The fourth-order valence-electron chi connectivity index (χ4n) is 3.36. The number of thioether (sulfide) groups is 1. The molecule has 29 heavy (non-hydrogen) atoms. The van der Waals surface area contributed by atoms with Gasteiger partial charge in [-0.2, -0.15) is 0 Å². The van der Waals surface area contributed by atoms with Gasteiger partial charge in [0.05, 0.1) is 17.2 Å². The van der Waals surface area contributed by atoms with Crippen molar-refractivity contribution in [2.45, 2.75) is 11.3 Å². The molecular weight excluding hydrogens is 428 g/mol. The predicted molar refractivity (Wildman–Crippen MR) is 121 cm³/mol. The van der Waals surface area contributed by atoms with Crippen LogP contribution in [0.25, 0.3) is 10.8 Å². The molecule has 1 aliphatic rings. The number of fused-ring (bicyclic) bond motifs is 1. The Morgan fingerprint density at radius 2 is 1.79 bits per heavy atom. The van der Waals surface area contributed by atoms with E-state index in [-0.39, 0.29) is 17.4 Å². The zero-order chi connectivity index (χ0) is 20.4. The van der Waals surface area contributed by atoms with Crippen LogP contribution in [0.4, 0.5) is 11.4 Å². The van der Waals surface area contributed by atoms with Gasteiger partial charge in [-0.15, -0.1) is 11.8 Å². The third kappa shape index (κ3) is 4.37. The molecule has 1 N–H and O–H groups in total. The van der Waals surface area contributed by atoms with Gasteiger partial charge in [-0.1, -0.05) is 35.9 Å². The second-order valence-corrected chi connectivity index (χ2v) is 10.2. The smallest absolute Gasteiger partial charge is 0.235 e. The highest BCUT2D eigenvalue weighted by Crippen LogP contribution is 2.33. The number of nitrogens with zero attached hydrogens (tertiary/aromatic N) is 1. The Hall–Kier alpha value is -2.22. The third-order valence-corrected chi connectivity index (χ3v) is 7.95. The topological polar surface area (TPSA) is 66.5 Å². The zero-order valence-corrected chi connectivity index (χ0v) is 17.9. The number of rotatable bonds is 5. The molecule has 3 aromatic carbocycles. The zero-order valence-electron chi connectivity index (χ0n) is 15.5. The van der Waals surface area contributed by atoms with Crippen LogP contribution in [0.2, 0.25) is 5.02 Å². The van der Waals surface area contributed by atoms with Gasteiger partial charge in [0.25, 0.3) is 0 Å². The quantitative estimate of drug-likeness (QED) is 0.573. The normalized spacial score (nSPS) is 15.6. The molecule has 1 heterocycles. The molecule has 150 valence electrons. The number of carbonyl (C=O) groups is 1. The van der Waals surface area contributed by atoms with Crippen molar-refractivity contribution in [3.05, 3.63) is 65.7 Å². The van der Waals surface area contributed by atoms with E-state index in [1.165, 1.54) is 16.1 Å². The van der Waals surface area contributed by atoms with E-state index in [1.54, 1.807) is 24.3 Å². The van der Waals surface area contributed by atoms with Gasteiger partial charge in [-0.3, -0.25) is 9.10 Å². The van der Waals surface area contributed by atoms with Gasteiger partial charge >= 0.3 is 0 Å². The Kier molecular flexibility index (Phi) is 5.72. The van der Waals surface area contributed by atoms with Gasteiger partial charge in [0.15, 0.2) is 0 Å². The van der Waals surface area contributed by atoms with Crippen molar-refractivity contribution in [1.82, 2.24) is 0 Å². The number of carbonyl (C=O) groups excluding carboxylic acids is 1. The molecule has 8 heteroatoms. The number of benzene rings is 3. The van der Waals surface area contributed by atoms with Crippen LogP contribution in [0.15, 0.2) is 65.6 Å². The van der Waals surface area contributed by atoms with E-state index >= 15 is 0 Å².